The fourth-order valence-corrected chi connectivity index (χ4v) is 3.61. The third kappa shape index (κ3) is 5.05. The number of nitriles is 1. The van der Waals surface area contributed by atoms with E-state index in [0.29, 0.717) is 30.0 Å². The molecule has 3 amide bonds. The number of nitrogens with one attached hydrogen (secondary N) is 2. The average molecular weight is 425 g/mol. The lowest BCUT2D eigenvalue weighted by Gasteiger charge is -2.36. The van der Waals surface area contributed by atoms with Crippen molar-refractivity contribution in [2.75, 3.05) is 41.7 Å². The molecule has 2 N–H and O–H groups in total. The summed E-state index contributed by atoms with van der Waals surface area (Å²) in [6.45, 7) is 2.84. The summed E-state index contributed by atoms with van der Waals surface area (Å²) in [7, 11) is 0. The second-order valence-corrected chi connectivity index (χ2v) is 7.46. The minimum atomic E-state index is -0.351. The molecule has 160 valence electrons. The fourth-order valence-electron chi connectivity index (χ4n) is 3.61. The molecule has 3 aromatic rings. The number of piperazine rings is 1. The summed E-state index contributed by atoms with van der Waals surface area (Å²) < 4.78 is 0. The van der Waals surface area contributed by atoms with Gasteiger partial charge in [0, 0.05) is 48.8 Å². The van der Waals surface area contributed by atoms with Gasteiger partial charge in [-0.1, -0.05) is 18.2 Å². The molecule has 0 radical (unpaired) electrons. The van der Waals surface area contributed by atoms with Crippen LogP contribution in [0.4, 0.5) is 21.9 Å². The zero-order valence-corrected chi connectivity index (χ0v) is 17.5. The molecule has 4 rings (SSSR count). The van der Waals surface area contributed by atoms with E-state index in [0.717, 1.165) is 24.3 Å². The number of benzene rings is 3. The predicted molar refractivity (Wildman–Crippen MR) is 125 cm³/mol. The second-order valence-electron chi connectivity index (χ2n) is 7.46. The Bertz CT molecular complexity index is 1110. The van der Waals surface area contributed by atoms with Gasteiger partial charge in [0.2, 0.25) is 0 Å². The molecule has 0 bridgehead atoms. The van der Waals surface area contributed by atoms with E-state index >= 15 is 0 Å². The molecular weight excluding hydrogens is 402 g/mol. The van der Waals surface area contributed by atoms with Gasteiger partial charge in [0.15, 0.2) is 0 Å². The van der Waals surface area contributed by atoms with Crippen molar-refractivity contribution >= 4 is 29.0 Å². The first-order chi connectivity index (χ1) is 15.6. The van der Waals surface area contributed by atoms with E-state index in [9.17, 15) is 9.59 Å². The maximum absolute atomic E-state index is 12.6. The third-order valence-corrected chi connectivity index (χ3v) is 5.35. The van der Waals surface area contributed by atoms with Gasteiger partial charge in [-0.05, 0) is 60.7 Å². The normalized spacial score (nSPS) is 13.2. The van der Waals surface area contributed by atoms with Crippen LogP contribution in [0.2, 0.25) is 0 Å². The van der Waals surface area contributed by atoms with Crippen LogP contribution in [0.5, 0.6) is 0 Å². The highest BCUT2D eigenvalue weighted by Crippen LogP contribution is 2.20. The maximum Gasteiger partial charge on any atom is 0.323 e. The summed E-state index contributed by atoms with van der Waals surface area (Å²) in [5, 5.41) is 14.4. The minimum absolute atomic E-state index is 0.0677. The van der Waals surface area contributed by atoms with Crippen molar-refractivity contribution in [2.45, 2.75) is 0 Å². The fraction of sp³-hybridized carbons (Fsp3) is 0.160. The van der Waals surface area contributed by atoms with Crippen molar-refractivity contribution in [1.82, 2.24) is 4.90 Å². The third-order valence-electron chi connectivity index (χ3n) is 5.35. The average Bonchev–Trinajstić information content (AvgIpc) is 2.85. The van der Waals surface area contributed by atoms with Gasteiger partial charge in [-0.3, -0.25) is 4.79 Å². The molecule has 0 atom stereocenters. The standard InChI is InChI=1S/C25H23N5O2/c26-18-19-6-8-21(9-7-19)27-25(32)28-22-10-12-23(13-11-22)29-14-16-30(17-15-29)24(31)20-4-2-1-3-5-20/h1-13H,14-17H2,(H2,27,28,32). The Kier molecular flexibility index (Phi) is 6.33. The summed E-state index contributed by atoms with van der Waals surface area (Å²) in [6.07, 6.45) is 0. The van der Waals surface area contributed by atoms with E-state index in [1.807, 2.05) is 65.6 Å². The molecule has 1 heterocycles. The number of hydrogen-bond acceptors (Lipinski definition) is 4. The van der Waals surface area contributed by atoms with Crippen LogP contribution >= 0.6 is 0 Å². The van der Waals surface area contributed by atoms with Crippen molar-refractivity contribution in [2.24, 2.45) is 0 Å². The van der Waals surface area contributed by atoms with Crippen LogP contribution in [-0.4, -0.2) is 43.0 Å². The lowest BCUT2D eigenvalue weighted by molar-refractivity contribution is 0.0747. The molecule has 3 aromatic carbocycles. The van der Waals surface area contributed by atoms with Crippen molar-refractivity contribution in [3.8, 4) is 6.07 Å². The maximum atomic E-state index is 12.6. The van der Waals surface area contributed by atoms with Crippen LogP contribution < -0.4 is 15.5 Å². The Labute approximate surface area is 186 Å². The van der Waals surface area contributed by atoms with Gasteiger partial charge >= 0.3 is 6.03 Å². The molecule has 1 saturated heterocycles. The Balaban J connectivity index is 1.29. The van der Waals surface area contributed by atoms with Gasteiger partial charge < -0.3 is 20.4 Å². The quantitative estimate of drug-likeness (QED) is 0.657. The van der Waals surface area contributed by atoms with Gasteiger partial charge in [0.1, 0.15) is 0 Å². The zero-order valence-electron chi connectivity index (χ0n) is 17.5. The van der Waals surface area contributed by atoms with Crippen LogP contribution in [0.15, 0.2) is 78.9 Å². The number of rotatable bonds is 4. The van der Waals surface area contributed by atoms with Gasteiger partial charge in [-0.2, -0.15) is 5.26 Å². The Morgan fingerprint density at radius 2 is 1.31 bits per heavy atom. The van der Waals surface area contributed by atoms with Gasteiger partial charge in [0.25, 0.3) is 5.91 Å². The molecule has 0 aliphatic carbocycles. The SMILES string of the molecule is N#Cc1ccc(NC(=O)Nc2ccc(N3CCN(C(=O)c4ccccc4)CC3)cc2)cc1. The van der Waals surface area contributed by atoms with E-state index in [-0.39, 0.29) is 11.9 Å². The summed E-state index contributed by atoms with van der Waals surface area (Å²) in [5.74, 6) is 0.0677. The molecule has 7 nitrogen and oxygen atoms in total. The summed E-state index contributed by atoms with van der Waals surface area (Å²) in [6, 6.07) is 25.4. The summed E-state index contributed by atoms with van der Waals surface area (Å²) >= 11 is 0. The number of anilines is 3. The molecule has 0 saturated carbocycles. The molecule has 0 unspecified atom stereocenters. The predicted octanol–water partition coefficient (Wildman–Crippen LogP) is 4.16. The molecular formula is C25H23N5O2. The molecule has 0 aromatic heterocycles. The monoisotopic (exact) mass is 425 g/mol. The molecule has 1 fully saturated rings. The van der Waals surface area contributed by atoms with Crippen LogP contribution in [0.3, 0.4) is 0 Å². The topological polar surface area (TPSA) is 88.5 Å². The smallest absolute Gasteiger partial charge is 0.323 e. The van der Waals surface area contributed by atoms with Crippen LogP contribution in [0.1, 0.15) is 15.9 Å². The minimum Gasteiger partial charge on any atom is -0.368 e. The van der Waals surface area contributed by atoms with Crippen molar-refractivity contribution in [1.29, 1.82) is 5.26 Å². The number of amides is 3. The molecule has 7 heteroatoms. The first-order valence-corrected chi connectivity index (χ1v) is 10.4. The number of hydrogen-bond donors (Lipinski definition) is 2. The van der Waals surface area contributed by atoms with Crippen LogP contribution in [0.25, 0.3) is 0 Å². The lowest BCUT2D eigenvalue weighted by atomic mass is 10.1. The van der Waals surface area contributed by atoms with Gasteiger partial charge in [-0.25, -0.2) is 4.79 Å². The Morgan fingerprint density at radius 1 is 0.750 bits per heavy atom. The van der Waals surface area contributed by atoms with Gasteiger partial charge in [-0.15, -0.1) is 0 Å². The van der Waals surface area contributed by atoms with Crippen molar-refractivity contribution < 1.29 is 9.59 Å². The zero-order chi connectivity index (χ0) is 22.3. The highest BCUT2D eigenvalue weighted by atomic mass is 16.2. The van der Waals surface area contributed by atoms with Crippen molar-refractivity contribution in [3.05, 3.63) is 90.0 Å². The molecule has 1 aliphatic heterocycles. The summed E-state index contributed by atoms with van der Waals surface area (Å²) in [5.41, 5.74) is 3.60. The lowest BCUT2D eigenvalue weighted by Crippen LogP contribution is -2.48. The first-order valence-electron chi connectivity index (χ1n) is 10.4. The number of carbonyl (C=O) groups is 2. The van der Waals surface area contributed by atoms with E-state index < -0.39 is 0 Å². The number of nitrogens with zero attached hydrogens (tertiary/aromatic N) is 3. The first kappa shape index (κ1) is 20.9. The number of carbonyl (C=O) groups excluding carboxylic acids is 2. The van der Waals surface area contributed by atoms with Crippen LogP contribution in [-0.2, 0) is 0 Å². The van der Waals surface area contributed by atoms with E-state index in [2.05, 4.69) is 15.5 Å². The molecule has 32 heavy (non-hydrogen) atoms. The Morgan fingerprint density at radius 3 is 1.88 bits per heavy atom. The van der Waals surface area contributed by atoms with Gasteiger partial charge in [0.05, 0.1) is 11.6 Å². The number of urea groups is 1. The summed E-state index contributed by atoms with van der Waals surface area (Å²) in [4.78, 5) is 28.9. The van der Waals surface area contributed by atoms with E-state index in [1.54, 1.807) is 24.3 Å². The second kappa shape index (κ2) is 9.67. The Hall–Kier alpha value is -4.31. The highest BCUT2D eigenvalue weighted by molar-refractivity contribution is 5.99. The largest absolute Gasteiger partial charge is 0.368 e. The molecule has 1 aliphatic rings. The van der Waals surface area contributed by atoms with Crippen LogP contribution in [0, 0.1) is 11.3 Å². The molecule has 0 spiro atoms. The van der Waals surface area contributed by atoms with E-state index in [4.69, 9.17) is 5.26 Å². The van der Waals surface area contributed by atoms with E-state index in [1.165, 1.54) is 0 Å². The van der Waals surface area contributed by atoms with Crippen molar-refractivity contribution in [3.63, 3.8) is 0 Å². The highest BCUT2D eigenvalue weighted by Gasteiger charge is 2.22.